The molecule has 0 aliphatic carbocycles. The molecule has 0 amide bonds. The highest BCUT2D eigenvalue weighted by Gasteiger charge is 2.25. The van der Waals surface area contributed by atoms with Crippen molar-refractivity contribution in [2.45, 2.75) is 26.7 Å². The van der Waals surface area contributed by atoms with Gasteiger partial charge in [-0.2, -0.15) is 0 Å². The number of nitrogens with zero attached hydrogens (tertiary/aromatic N) is 4. The zero-order valence-corrected chi connectivity index (χ0v) is 14.0. The highest BCUT2D eigenvalue weighted by Crippen LogP contribution is 2.27. The summed E-state index contributed by atoms with van der Waals surface area (Å²) in [6, 6.07) is 4.78. The van der Waals surface area contributed by atoms with Crippen LogP contribution < -0.4 is 4.90 Å². The molecule has 126 valence electrons. The molecule has 3 rings (SSSR count). The molecule has 1 N–H and O–H groups in total. The van der Waals surface area contributed by atoms with Crippen molar-refractivity contribution in [1.29, 1.82) is 0 Å². The van der Waals surface area contributed by atoms with Crippen LogP contribution in [0.3, 0.4) is 0 Å². The van der Waals surface area contributed by atoms with Gasteiger partial charge in [-0.05, 0) is 42.9 Å². The summed E-state index contributed by atoms with van der Waals surface area (Å²) < 4.78 is 0. The van der Waals surface area contributed by atoms with Gasteiger partial charge in [0.25, 0.3) is 0 Å². The van der Waals surface area contributed by atoms with Gasteiger partial charge in [0, 0.05) is 25.5 Å². The van der Waals surface area contributed by atoms with E-state index in [4.69, 9.17) is 5.11 Å². The maximum absolute atomic E-state index is 11.1. The third-order valence-corrected chi connectivity index (χ3v) is 4.29. The molecule has 1 saturated heterocycles. The molecule has 6 heteroatoms. The molecule has 0 bridgehead atoms. The van der Waals surface area contributed by atoms with E-state index in [1.165, 1.54) is 25.1 Å². The van der Waals surface area contributed by atoms with Crippen LogP contribution in [0.4, 0.5) is 5.95 Å². The molecule has 1 aliphatic heterocycles. The average Bonchev–Trinajstić information content (AvgIpc) is 3.03. The van der Waals surface area contributed by atoms with Crippen molar-refractivity contribution in [3.8, 4) is 11.4 Å². The molecule has 2 aromatic heterocycles. The second kappa shape index (κ2) is 6.95. The maximum atomic E-state index is 11.1. The van der Waals surface area contributed by atoms with Crippen LogP contribution >= 0.6 is 0 Å². The van der Waals surface area contributed by atoms with Gasteiger partial charge in [0.1, 0.15) is 0 Å². The first-order valence-electron chi connectivity index (χ1n) is 8.30. The number of carbonyl (C=O) groups is 1. The molecule has 0 radical (unpaired) electrons. The number of carboxylic acids is 1. The Labute approximate surface area is 141 Å². The molecule has 6 nitrogen and oxygen atoms in total. The average molecular weight is 326 g/mol. The van der Waals surface area contributed by atoms with Crippen LogP contribution in [-0.2, 0) is 0 Å². The van der Waals surface area contributed by atoms with Crippen LogP contribution in [-0.4, -0.2) is 39.1 Å². The van der Waals surface area contributed by atoms with E-state index < -0.39 is 5.97 Å². The molecular weight excluding hydrogens is 304 g/mol. The number of carboxylic acid groups (broad SMARTS) is 1. The van der Waals surface area contributed by atoms with Gasteiger partial charge in [0.05, 0.1) is 17.0 Å². The smallest absolute Gasteiger partial charge is 0.335 e. The van der Waals surface area contributed by atoms with Crippen molar-refractivity contribution in [1.82, 2.24) is 15.0 Å². The lowest BCUT2D eigenvalue weighted by Gasteiger charge is -2.17. The number of rotatable bonds is 5. The molecule has 1 fully saturated rings. The summed E-state index contributed by atoms with van der Waals surface area (Å²) in [7, 11) is 0. The van der Waals surface area contributed by atoms with E-state index in [0.717, 1.165) is 13.1 Å². The van der Waals surface area contributed by atoms with Gasteiger partial charge in [-0.3, -0.25) is 4.98 Å². The minimum Gasteiger partial charge on any atom is -0.478 e. The number of hydrogen-bond donors (Lipinski definition) is 1. The van der Waals surface area contributed by atoms with Crippen LogP contribution in [0, 0.1) is 11.8 Å². The highest BCUT2D eigenvalue weighted by atomic mass is 16.4. The van der Waals surface area contributed by atoms with E-state index in [9.17, 15) is 4.79 Å². The number of aromatic nitrogens is 3. The van der Waals surface area contributed by atoms with Crippen LogP contribution in [0.25, 0.3) is 11.4 Å². The minimum atomic E-state index is -0.969. The summed E-state index contributed by atoms with van der Waals surface area (Å²) in [5.41, 5.74) is 1.41. The Morgan fingerprint density at radius 3 is 2.83 bits per heavy atom. The van der Waals surface area contributed by atoms with E-state index in [0.29, 0.717) is 29.2 Å². The first-order chi connectivity index (χ1) is 11.5. The van der Waals surface area contributed by atoms with Crippen molar-refractivity contribution < 1.29 is 9.90 Å². The first kappa shape index (κ1) is 16.4. The second-order valence-electron chi connectivity index (χ2n) is 6.71. The molecule has 1 atom stereocenters. The molecule has 1 unspecified atom stereocenters. The topological polar surface area (TPSA) is 79.2 Å². The standard InChI is InChI=1S/C18H22N4O2/c1-12(2)9-13-5-8-22(11-13)18-20-7-4-15(21-18)16-10-14(17(23)24)3-6-19-16/h3-4,6-7,10,12-13H,5,8-9,11H2,1-2H3,(H,23,24). The van der Waals surface area contributed by atoms with Gasteiger partial charge >= 0.3 is 5.97 Å². The van der Waals surface area contributed by atoms with E-state index in [1.807, 2.05) is 0 Å². The van der Waals surface area contributed by atoms with Gasteiger partial charge in [-0.1, -0.05) is 13.8 Å². The number of pyridine rings is 1. The van der Waals surface area contributed by atoms with Crippen LogP contribution in [0.5, 0.6) is 0 Å². The Morgan fingerprint density at radius 1 is 1.29 bits per heavy atom. The fraction of sp³-hybridized carbons (Fsp3) is 0.444. The zero-order chi connectivity index (χ0) is 17.1. The number of aromatic carboxylic acids is 1. The normalized spacial score (nSPS) is 17.5. The molecule has 3 heterocycles. The van der Waals surface area contributed by atoms with Crippen molar-refractivity contribution in [3.63, 3.8) is 0 Å². The van der Waals surface area contributed by atoms with E-state index in [2.05, 4.69) is 33.7 Å². The summed E-state index contributed by atoms with van der Waals surface area (Å²) in [5.74, 6) is 1.11. The van der Waals surface area contributed by atoms with Crippen molar-refractivity contribution >= 4 is 11.9 Å². The van der Waals surface area contributed by atoms with Crippen molar-refractivity contribution in [2.24, 2.45) is 11.8 Å². The highest BCUT2D eigenvalue weighted by molar-refractivity contribution is 5.88. The Balaban J connectivity index is 1.80. The van der Waals surface area contributed by atoms with E-state index >= 15 is 0 Å². The third-order valence-electron chi connectivity index (χ3n) is 4.29. The van der Waals surface area contributed by atoms with Crippen LogP contribution in [0.1, 0.15) is 37.0 Å². The summed E-state index contributed by atoms with van der Waals surface area (Å²) in [6.07, 6.45) is 5.59. The zero-order valence-electron chi connectivity index (χ0n) is 14.0. The third kappa shape index (κ3) is 3.69. The Hall–Kier alpha value is -2.50. The Kier molecular flexibility index (Phi) is 4.74. The predicted molar refractivity (Wildman–Crippen MR) is 92.0 cm³/mol. The molecule has 2 aromatic rings. The molecule has 24 heavy (non-hydrogen) atoms. The van der Waals surface area contributed by atoms with Crippen molar-refractivity contribution in [2.75, 3.05) is 18.0 Å². The van der Waals surface area contributed by atoms with Crippen LogP contribution in [0.15, 0.2) is 30.6 Å². The quantitative estimate of drug-likeness (QED) is 0.909. The van der Waals surface area contributed by atoms with Gasteiger partial charge in [0.2, 0.25) is 5.95 Å². The van der Waals surface area contributed by atoms with Gasteiger partial charge in [-0.25, -0.2) is 14.8 Å². The van der Waals surface area contributed by atoms with E-state index in [-0.39, 0.29) is 5.56 Å². The maximum Gasteiger partial charge on any atom is 0.335 e. The molecule has 1 aliphatic rings. The van der Waals surface area contributed by atoms with Crippen molar-refractivity contribution in [3.05, 3.63) is 36.2 Å². The molecule has 0 spiro atoms. The molecule has 0 saturated carbocycles. The van der Waals surface area contributed by atoms with Gasteiger partial charge in [0.15, 0.2) is 0 Å². The largest absolute Gasteiger partial charge is 0.478 e. The fourth-order valence-corrected chi connectivity index (χ4v) is 3.22. The molecule has 0 aromatic carbocycles. The lowest BCUT2D eigenvalue weighted by Crippen LogP contribution is -2.22. The summed E-state index contributed by atoms with van der Waals surface area (Å²) >= 11 is 0. The molecular formula is C18H22N4O2. The van der Waals surface area contributed by atoms with E-state index in [1.54, 1.807) is 18.3 Å². The minimum absolute atomic E-state index is 0.207. The van der Waals surface area contributed by atoms with Gasteiger partial charge in [-0.15, -0.1) is 0 Å². The summed E-state index contributed by atoms with van der Waals surface area (Å²) in [5, 5.41) is 9.12. The lowest BCUT2D eigenvalue weighted by atomic mass is 9.97. The monoisotopic (exact) mass is 326 g/mol. The Morgan fingerprint density at radius 2 is 2.08 bits per heavy atom. The number of anilines is 1. The first-order valence-corrected chi connectivity index (χ1v) is 8.30. The SMILES string of the molecule is CC(C)CC1CCN(c2nccc(-c3cc(C(=O)O)ccn3)n2)C1. The summed E-state index contributed by atoms with van der Waals surface area (Å²) in [6.45, 7) is 6.44. The van der Waals surface area contributed by atoms with Crippen LogP contribution in [0.2, 0.25) is 0 Å². The number of hydrogen-bond acceptors (Lipinski definition) is 5. The second-order valence-corrected chi connectivity index (χ2v) is 6.71. The fourth-order valence-electron chi connectivity index (χ4n) is 3.22. The predicted octanol–water partition coefficient (Wildman–Crippen LogP) is 3.11. The lowest BCUT2D eigenvalue weighted by molar-refractivity contribution is 0.0697. The summed E-state index contributed by atoms with van der Waals surface area (Å²) in [4.78, 5) is 26.6. The van der Waals surface area contributed by atoms with Gasteiger partial charge < -0.3 is 10.0 Å². The Bertz CT molecular complexity index is 732.